The van der Waals surface area contributed by atoms with E-state index < -0.39 is 12.1 Å². The first-order chi connectivity index (χ1) is 6.04. The number of piperazine rings is 1. The summed E-state index contributed by atoms with van der Waals surface area (Å²) in [6.45, 7) is 4.39. The molecule has 2 amide bonds. The van der Waals surface area contributed by atoms with Crippen LogP contribution in [0.4, 0.5) is 0 Å². The zero-order chi connectivity index (χ0) is 10.0. The number of nitrogens with zero attached hydrogens (tertiary/aromatic N) is 1. The van der Waals surface area contributed by atoms with Crippen molar-refractivity contribution in [1.82, 2.24) is 10.2 Å². The van der Waals surface area contributed by atoms with E-state index in [4.69, 9.17) is 5.73 Å². The SMILES string of the molecule is CC(N)C(=O)N1CCNC(=O)C1C. The molecule has 0 aliphatic carbocycles. The largest absolute Gasteiger partial charge is 0.353 e. The van der Waals surface area contributed by atoms with Crippen molar-refractivity contribution < 1.29 is 9.59 Å². The highest BCUT2D eigenvalue weighted by atomic mass is 16.2. The van der Waals surface area contributed by atoms with Gasteiger partial charge >= 0.3 is 0 Å². The van der Waals surface area contributed by atoms with E-state index in [-0.39, 0.29) is 11.8 Å². The number of amides is 2. The van der Waals surface area contributed by atoms with Crippen LogP contribution in [0.1, 0.15) is 13.8 Å². The third-order valence-electron chi connectivity index (χ3n) is 2.17. The fraction of sp³-hybridized carbons (Fsp3) is 0.750. The highest BCUT2D eigenvalue weighted by molar-refractivity contribution is 5.90. The first-order valence-electron chi connectivity index (χ1n) is 4.38. The van der Waals surface area contributed by atoms with E-state index in [1.54, 1.807) is 13.8 Å². The summed E-state index contributed by atoms with van der Waals surface area (Å²) in [5.74, 6) is -0.275. The van der Waals surface area contributed by atoms with Crippen molar-refractivity contribution in [2.45, 2.75) is 25.9 Å². The van der Waals surface area contributed by atoms with Crippen molar-refractivity contribution >= 4 is 11.8 Å². The summed E-state index contributed by atoms with van der Waals surface area (Å²) in [6, 6.07) is -0.930. The van der Waals surface area contributed by atoms with E-state index in [9.17, 15) is 9.59 Å². The molecule has 0 spiro atoms. The Morgan fingerprint density at radius 1 is 1.77 bits per heavy atom. The van der Waals surface area contributed by atoms with Crippen LogP contribution >= 0.6 is 0 Å². The van der Waals surface area contributed by atoms with E-state index in [1.165, 1.54) is 4.90 Å². The molecule has 0 aromatic rings. The number of hydrogen-bond acceptors (Lipinski definition) is 3. The molecular formula is C8H15N3O2. The zero-order valence-electron chi connectivity index (χ0n) is 7.91. The quantitative estimate of drug-likeness (QED) is 0.532. The van der Waals surface area contributed by atoms with E-state index >= 15 is 0 Å². The summed E-state index contributed by atoms with van der Waals surface area (Å²) < 4.78 is 0. The molecule has 3 N–H and O–H groups in total. The zero-order valence-corrected chi connectivity index (χ0v) is 7.91. The normalized spacial score (nSPS) is 25.3. The molecule has 1 heterocycles. The lowest BCUT2D eigenvalue weighted by molar-refractivity contribution is -0.143. The second-order valence-corrected chi connectivity index (χ2v) is 3.29. The highest BCUT2D eigenvalue weighted by Crippen LogP contribution is 2.05. The van der Waals surface area contributed by atoms with E-state index in [2.05, 4.69) is 5.32 Å². The Balaban J connectivity index is 2.68. The molecule has 1 saturated heterocycles. The summed E-state index contributed by atoms with van der Waals surface area (Å²) in [5, 5.41) is 2.68. The van der Waals surface area contributed by atoms with Crippen LogP contribution in [-0.4, -0.2) is 41.9 Å². The predicted octanol–water partition coefficient (Wildman–Crippen LogP) is -1.32. The molecule has 0 aromatic heterocycles. The molecule has 5 nitrogen and oxygen atoms in total. The molecular weight excluding hydrogens is 170 g/mol. The van der Waals surface area contributed by atoms with Crippen molar-refractivity contribution in [2.75, 3.05) is 13.1 Å². The van der Waals surface area contributed by atoms with Crippen molar-refractivity contribution in [3.63, 3.8) is 0 Å². The van der Waals surface area contributed by atoms with Crippen LogP contribution in [0.25, 0.3) is 0 Å². The molecule has 1 rings (SSSR count). The van der Waals surface area contributed by atoms with Gasteiger partial charge in [-0.3, -0.25) is 9.59 Å². The molecule has 5 heteroatoms. The van der Waals surface area contributed by atoms with Gasteiger partial charge in [-0.05, 0) is 13.8 Å². The van der Waals surface area contributed by atoms with Gasteiger partial charge in [0.2, 0.25) is 11.8 Å². The van der Waals surface area contributed by atoms with Gasteiger partial charge in [-0.2, -0.15) is 0 Å². The summed E-state index contributed by atoms with van der Waals surface area (Å²) in [7, 11) is 0. The first-order valence-corrected chi connectivity index (χ1v) is 4.38. The lowest BCUT2D eigenvalue weighted by Gasteiger charge is -2.33. The average molecular weight is 185 g/mol. The average Bonchev–Trinajstić information content (AvgIpc) is 2.08. The van der Waals surface area contributed by atoms with Crippen LogP contribution in [0.2, 0.25) is 0 Å². The number of hydrogen-bond donors (Lipinski definition) is 2. The first kappa shape index (κ1) is 9.98. The second-order valence-electron chi connectivity index (χ2n) is 3.29. The Hall–Kier alpha value is -1.10. The number of rotatable bonds is 1. The van der Waals surface area contributed by atoms with E-state index in [1.807, 2.05) is 0 Å². The minimum absolute atomic E-state index is 0.111. The smallest absolute Gasteiger partial charge is 0.242 e. The van der Waals surface area contributed by atoms with E-state index in [0.29, 0.717) is 13.1 Å². The molecule has 0 saturated carbocycles. The van der Waals surface area contributed by atoms with Crippen molar-refractivity contribution in [3.8, 4) is 0 Å². The Labute approximate surface area is 77.3 Å². The maximum Gasteiger partial charge on any atom is 0.242 e. The molecule has 2 atom stereocenters. The number of carbonyl (C=O) groups excluding carboxylic acids is 2. The summed E-state index contributed by atoms with van der Waals surface area (Å²) in [5.41, 5.74) is 5.45. The number of carbonyl (C=O) groups is 2. The third-order valence-corrected chi connectivity index (χ3v) is 2.17. The van der Waals surface area contributed by atoms with Crippen LogP contribution < -0.4 is 11.1 Å². The van der Waals surface area contributed by atoms with Crippen molar-refractivity contribution in [3.05, 3.63) is 0 Å². The van der Waals surface area contributed by atoms with Gasteiger partial charge in [-0.1, -0.05) is 0 Å². The molecule has 74 valence electrons. The van der Waals surface area contributed by atoms with Gasteiger partial charge < -0.3 is 16.0 Å². The summed E-state index contributed by atoms with van der Waals surface area (Å²) in [4.78, 5) is 24.2. The monoisotopic (exact) mass is 185 g/mol. The Bertz CT molecular complexity index is 227. The topological polar surface area (TPSA) is 75.4 Å². The van der Waals surface area contributed by atoms with Gasteiger partial charge in [0.15, 0.2) is 0 Å². The van der Waals surface area contributed by atoms with Gasteiger partial charge in [0.05, 0.1) is 6.04 Å². The van der Waals surface area contributed by atoms with Crippen LogP contribution in [0.3, 0.4) is 0 Å². The molecule has 1 aliphatic heterocycles. The predicted molar refractivity (Wildman–Crippen MR) is 47.8 cm³/mol. The highest BCUT2D eigenvalue weighted by Gasteiger charge is 2.30. The van der Waals surface area contributed by atoms with Gasteiger partial charge in [-0.25, -0.2) is 0 Å². The lowest BCUT2D eigenvalue weighted by Crippen LogP contribution is -2.58. The van der Waals surface area contributed by atoms with Gasteiger partial charge in [-0.15, -0.1) is 0 Å². The van der Waals surface area contributed by atoms with Gasteiger partial charge in [0.1, 0.15) is 6.04 Å². The second kappa shape index (κ2) is 3.74. The van der Waals surface area contributed by atoms with Crippen molar-refractivity contribution in [2.24, 2.45) is 5.73 Å². The van der Waals surface area contributed by atoms with Crippen LogP contribution in [-0.2, 0) is 9.59 Å². The fourth-order valence-corrected chi connectivity index (χ4v) is 1.35. The standard InChI is InChI=1S/C8H15N3O2/c1-5(9)8(13)11-4-3-10-7(12)6(11)2/h5-6H,3-4,9H2,1-2H3,(H,10,12). The van der Waals surface area contributed by atoms with Crippen LogP contribution in [0.15, 0.2) is 0 Å². The van der Waals surface area contributed by atoms with Crippen LogP contribution in [0, 0.1) is 0 Å². The maximum atomic E-state index is 11.5. The molecule has 1 aliphatic rings. The van der Waals surface area contributed by atoms with Crippen LogP contribution in [0.5, 0.6) is 0 Å². The third kappa shape index (κ3) is 1.98. The molecule has 0 bridgehead atoms. The van der Waals surface area contributed by atoms with E-state index in [0.717, 1.165) is 0 Å². The Morgan fingerprint density at radius 3 is 2.92 bits per heavy atom. The molecule has 13 heavy (non-hydrogen) atoms. The van der Waals surface area contributed by atoms with Crippen molar-refractivity contribution in [1.29, 1.82) is 0 Å². The van der Waals surface area contributed by atoms with Gasteiger partial charge in [0, 0.05) is 13.1 Å². The number of nitrogens with two attached hydrogens (primary N) is 1. The molecule has 2 unspecified atom stereocenters. The maximum absolute atomic E-state index is 11.5. The summed E-state index contributed by atoms with van der Waals surface area (Å²) in [6.07, 6.45) is 0. The van der Waals surface area contributed by atoms with Gasteiger partial charge in [0.25, 0.3) is 0 Å². The molecule has 1 fully saturated rings. The Kier molecular flexibility index (Phi) is 2.87. The Morgan fingerprint density at radius 2 is 2.38 bits per heavy atom. The molecule has 0 radical (unpaired) electrons. The minimum atomic E-state index is -0.534. The molecule has 0 aromatic carbocycles. The number of nitrogens with one attached hydrogen (secondary N) is 1. The summed E-state index contributed by atoms with van der Waals surface area (Å²) >= 11 is 0. The lowest BCUT2D eigenvalue weighted by atomic mass is 10.1. The fourth-order valence-electron chi connectivity index (χ4n) is 1.35. The minimum Gasteiger partial charge on any atom is -0.353 e.